The molecule has 2 aromatic heterocycles. The molecule has 1 fully saturated rings. The topological polar surface area (TPSA) is 91.4 Å². The standard InChI is InChI=1S/C20H24N4O3S/c1-13-5-3-9-21-18(13)23-19(26)15-6-4-10-24(12-15)20(27)17-8-7-16(28-17)11-22-14(2)25/h3,5,7-9,15H,4,6,10-12H2,1-2H3,(H,22,25)(H,21,23,26). The first kappa shape index (κ1) is 20.0. The van der Waals surface area contributed by atoms with Crippen LogP contribution in [0.3, 0.4) is 0 Å². The van der Waals surface area contributed by atoms with Crippen molar-refractivity contribution in [2.75, 3.05) is 18.4 Å². The normalized spacial score (nSPS) is 16.5. The van der Waals surface area contributed by atoms with Gasteiger partial charge in [0.25, 0.3) is 5.91 Å². The van der Waals surface area contributed by atoms with Crippen molar-refractivity contribution >= 4 is 34.9 Å². The van der Waals surface area contributed by atoms with Gasteiger partial charge in [-0.1, -0.05) is 6.07 Å². The Morgan fingerprint density at radius 1 is 1.29 bits per heavy atom. The number of hydrogen-bond acceptors (Lipinski definition) is 5. The maximum absolute atomic E-state index is 12.8. The van der Waals surface area contributed by atoms with Crippen molar-refractivity contribution in [3.8, 4) is 0 Å². The van der Waals surface area contributed by atoms with E-state index in [2.05, 4.69) is 15.6 Å². The first-order valence-electron chi connectivity index (χ1n) is 9.29. The summed E-state index contributed by atoms with van der Waals surface area (Å²) in [6.45, 7) is 4.82. The minimum Gasteiger partial charge on any atom is -0.351 e. The lowest BCUT2D eigenvalue weighted by atomic mass is 9.97. The van der Waals surface area contributed by atoms with E-state index in [1.165, 1.54) is 18.3 Å². The number of nitrogens with one attached hydrogen (secondary N) is 2. The molecule has 1 atom stereocenters. The number of anilines is 1. The van der Waals surface area contributed by atoms with Crippen LogP contribution in [0.4, 0.5) is 5.82 Å². The van der Waals surface area contributed by atoms with Gasteiger partial charge in [-0.25, -0.2) is 4.98 Å². The van der Waals surface area contributed by atoms with E-state index in [-0.39, 0.29) is 23.6 Å². The Morgan fingerprint density at radius 2 is 2.11 bits per heavy atom. The van der Waals surface area contributed by atoms with E-state index in [0.717, 1.165) is 23.3 Å². The van der Waals surface area contributed by atoms with Gasteiger partial charge in [0.05, 0.1) is 17.3 Å². The van der Waals surface area contributed by atoms with Crippen molar-refractivity contribution in [1.29, 1.82) is 0 Å². The Balaban J connectivity index is 1.61. The Hall–Kier alpha value is -2.74. The fourth-order valence-corrected chi connectivity index (χ4v) is 4.08. The lowest BCUT2D eigenvalue weighted by Crippen LogP contribution is -2.43. The van der Waals surface area contributed by atoms with E-state index >= 15 is 0 Å². The number of carbonyl (C=O) groups is 3. The van der Waals surface area contributed by atoms with Crippen LogP contribution in [0.25, 0.3) is 0 Å². The number of pyridine rings is 1. The van der Waals surface area contributed by atoms with Crippen LogP contribution < -0.4 is 10.6 Å². The van der Waals surface area contributed by atoms with E-state index in [1.54, 1.807) is 17.2 Å². The van der Waals surface area contributed by atoms with Crippen LogP contribution in [0.2, 0.25) is 0 Å². The lowest BCUT2D eigenvalue weighted by molar-refractivity contribution is -0.121. The molecular weight excluding hydrogens is 376 g/mol. The first-order chi connectivity index (χ1) is 13.4. The van der Waals surface area contributed by atoms with Gasteiger partial charge in [-0.15, -0.1) is 11.3 Å². The average molecular weight is 401 g/mol. The second-order valence-corrected chi connectivity index (χ2v) is 8.09. The fourth-order valence-electron chi connectivity index (χ4n) is 3.17. The van der Waals surface area contributed by atoms with Crippen molar-refractivity contribution in [1.82, 2.24) is 15.2 Å². The van der Waals surface area contributed by atoms with Gasteiger partial charge in [-0.3, -0.25) is 14.4 Å². The van der Waals surface area contributed by atoms with Gasteiger partial charge >= 0.3 is 0 Å². The highest BCUT2D eigenvalue weighted by molar-refractivity contribution is 7.14. The molecule has 0 bridgehead atoms. The first-order valence-corrected chi connectivity index (χ1v) is 10.1. The maximum atomic E-state index is 12.8. The monoisotopic (exact) mass is 400 g/mol. The highest BCUT2D eigenvalue weighted by atomic mass is 32.1. The zero-order valence-electron chi connectivity index (χ0n) is 16.0. The summed E-state index contributed by atoms with van der Waals surface area (Å²) in [6, 6.07) is 7.36. The quantitative estimate of drug-likeness (QED) is 0.807. The minimum absolute atomic E-state index is 0.0643. The summed E-state index contributed by atoms with van der Waals surface area (Å²) in [5, 5.41) is 5.62. The third-order valence-electron chi connectivity index (χ3n) is 4.71. The van der Waals surface area contributed by atoms with E-state index in [9.17, 15) is 14.4 Å². The Kier molecular flexibility index (Phi) is 6.41. The summed E-state index contributed by atoms with van der Waals surface area (Å²) >= 11 is 1.37. The minimum atomic E-state index is -0.252. The van der Waals surface area contributed by atoms with Gasteiger partial charge in [0.2, 0.25) is 11.8 Å². The molecule has 3 rings (SSSR count). The van der Waals surface area contributed by atoms with Crippen molar-refractivity contribution in [2.24, 2.45) is 5.92 Å². The van der Waals surface area contributed by atoms with E-state index in [1.807, 2.05) is 25.1 Å². The predicted molar refractivity (Wildman–Crippen MR) is 108 cm³/mol. The third kappa shape index (κ3) is 4.95. The number of piperidine rings is 1. The van der Waals surface area contributed by atoms with Crippen LogP contribution in [0, 0.1) is 12.8 Å². The molecule has 1 aliphatic heterocycles. The maximum Gasteiger partial charge on any atom is 0.263 e. The van der Waals surface area contributed by atoms with Crippen LogP contribution in [-0.4, -0.2) is 40.7 Å². The molecule has 2 aromatic rings. The highest BCUT2D eigenvalue weighted by Crippen LogP contribution is 2.24. The molecule has 1 aliphatic rings. The smallest absolute Gasteiger partial charge is 0.263 e. The summed E-state index contributed by atoms with van der Waals surface area (Å²) in [5.74, 6) is 0.0476. The van der Waals surface area contributed by atoms with Crippen LogP contribution in [0.5, 0.6) is 0 Å². The molecule has 0 aromatic carbocycles. The molecule has 3 heterocycles. The van der Waals surface area contributed by atoms with Crippen LogP contribution in [0.15, 0.2) is 30.5 Å². The highest BCUT2D eigenvalue weighted by Gasteiger charge is 2.29. The molecule has 1 saturated heterocycles. The number of hydrogen-bond donors (Lipinski definition) is 2. The van der Waals surface area contributed by atoms with E-state index < -0.39 is 0 Å². The Morgan fingerprint density at radius 3 is 2.86 bits per heavy atom. The Labute approximate surface area is 168 Å². The van der Waals surface area contributed by atoms with Crippen molar-refractivity contribution in [2.45, 2.75) is 33.2 Å². The molecule has 148 valence electrons. The predicted octanol–water partition coefficient (Wildman–Crippen LogP) is 2.58. The lowest BCUT2D eigenvalue weighted by Gasteiger charge is -2.31. The number of aryl methyl sites for hydroxylation is 1. The molecule has 28 heavy (non-hydrogen) atoms. The fraction of sp³-hybridized carbons (Fsp3) is 0.400. The molecular formula is C20H24N4O3S. The third-order valence-corrected chi connectivity index (χ3v) is 5.79. The summed E-state index contributed by atoms with van der Waals surface area (Å²) < 4.78 is 0. The molecule has 1 unspecified atom stereocenters. The van der Waals surface area contributed by atoms with Crippen molar-refractivity contribution < 1.29 is 14.4 Å². The molecule has 3 amide bonds. The molecule has 2 N–H and O–H groups in total. The summed E-state index contributed by atoms with van der Waals surface area (Å²) in [5.41, 5.74) is 0.907. The molecule has 8 heteroatoms. The van der Waals surface area contributed by atoms with Crippen molar-refractivity contribution in [3.05, 3.63) is 45.8 Å². The van der Waals surface area contributed by atoms with E-state index in [4.69, 9.17) is 0 Å². The zero-order chi connectivity index (χ0) is 20.1. The molecule has 0 aliphatic carbocycles. The number of amides is 3. The second kappa shape index (κ2) is 8.97. The average Bonchev–Trinajstić information content (AvgIpc) is 3.16. The molecule has 0 radical (unpaired) electrons. The summed E-state index contributed by atoms with van der Waals surface area (Å²) in [6.07, 6.45) is 3.18. The number of rotatable bonds is 5. The SMILES string of the molecule is CC(=O)NCc1ccc(C(=O)N2CCCC(C(=O)Nc3ncccc3C)C2)s1. The molecule has 0 spiro atoms. The summed E-state index contributed by atoms with van der Waals surface area (Å²) in [7, 11) is 0. The van der Waals surface area contributed by atoms with E-state index in [0.29, 0.717) is 30.3 Å². The van der Waals surface area contributed by atoms with Crippen LogP contribution in [0.1, 0.15) is 39.9 Å². The Bertz CT molecular complexity index is 880. The van der Waals surface area contributed by atoms with Crippen LogP contribution in [-0.2, 0) is 16.1 Å². The van der Waals surface area contributed by atoms with Gasteiger partial charge in [0.1, 0.15) is 5.82 Å². The van der Waals surface area contributed by atoms with Crippen LogP contribution >= 0.6 is 11.3 Å². The number of likely N-dealkylation sites (tertiary alicyclic amines) is 1. The molecule has 7 nitrogen and oxygen atoms in total. The number of thiophene rings is 1. The number of nitrogens with zero attached hydrogens (tertiary/aromatic N) is 2. The van der Waals surface area contributed by atoms with Gasteiger partial charge in [-0.05, 0) is 43.5 Å². The molecule has 0 saturated carbocycles. The van der Waals surface area contributed by atoms with Gasteiger partial charge in [0, 0.05) is 31.1 Å². The van der Waals surface area contributed by atoms with Gasteiger partial charge < -0.3 is 15.5 Å². The largest absolute Gasteiger partial charge is 0.351 e. The van der Waals surface area contributed by atoms with Crippen molar-refractivity contribution in [3.63, 3.8) is 0 Å². The number of aromatic nitrogens is 1. The number of carbonyl (C=O) groups excluding carboxylic acids is 3. The summed E-state index contributed by atoms with van der Waals surface area (Å²) in [4.78, 5) is 44.0. The van der Waals surface area contributed by atoms with Gasteiger partial charge in [-0.2, -0.15) is 0 Å². The zero-order valence-corrected chi connectivity index (χ0v) is 16.8. The van der Waals surface area contributed by atoms with Gasteiger partial charge in [0.15, 0.2) is 0 Å². The second-order valence-electron chi connectivity index (χ2n) is 6.92.